The maximum Gasteiger partial charge on any atom is 0.185 e. The number of hydrogen-bond donors (Lipinski definition) is 1. The Labute approximate surface area is 134 Å². The van der Waals surface area contributed by atoms with E-state index in [0.717, 1.165) is 18.4 Å². The van der Waals surface area contributed by atoms with Crippen LogP contribution in [0.25, 0.3) is 0 Å². The summed E-state index contributed by atoms with van der Waals surface area (Å²) in [4.78, 5) is 8.67. The minimum atomic E-state index is 0.159. The molecule has 1 N–H and O–H groups in total. The van der Waals surface area contributed by atoms with Gasteiger partial charge in [0.15, 0.2) is 5.13 Å². The zero-order valence-electron chi connectivity index (χ0n) is 14.5. The molecule has 1 aliphatic heterocycles. The van der Waals surface area contributed by atoms with Crippen molar-refractivity contribution in [3.05, 3.63) is 10.6 Å². The molecule has 2 heterocycles. The van der Waals surface area contributed by atoms with E-state index in [1.807, 2.05) is 11.3 Å². The van der Waals surface area contributed by atoms with E-state index in [2.05, 4.69) is 51.8 Å². The van der Waals surface area contributed by atoms with Crippen molar-refractivity contribution in [3.8, 4) is 0 Å². The third-order valence-corrected chi connectivity index (χ3v) is 5.63. The molecule has 0 unspecified atom stereocenters. The van der Waals surface area contributed by atoms with Crippen molar-refractivity contribution in [2.24, 2.45) is 11.8 Å². The average Bonchev–Trinajstić information content (AvgIpc) is 2.77. The molecule has 1 saturated heterocycles. The summed E-state index contributed by atoms with van der Waals surface area (Å²) < 4.78 is 0. The SMILES string of the molecule is Cc1nc(N2CCC(C(C)C)CC2)sc1CNC(C)(C)C. The van der Waals surface area contributed by atoms with Gasteiger partial charge in [-0.1, -0.05) is 13.8 Å². The molecule has 120 valence electrons. The molecule has 0 radical (unpaired) electrons. The van der Waals surface area contributed by atoms with Crippen molar-refractivity contribution >= 4 is 16.5 Å². The van der Waals surface area contributed by atoms with Crippen LogP contribution in [0.1, 0.15) is 58.0 Å². The van der Waals surface area contributed by atoms with Crippen molar-refractivity contribution < 1.29 is 0 Å². The minimum absolute atomic E-state index is 0.159. The zero-order valence-corrected chi connectivity index (χ0v) is 15.3. The average molecular weight is 310 g/mol. The van der Waals surface area contributed by atoms with E-state index in [0.29, 0.717) is 0 Å². The number of anilines is 1. The molecule has 0 bridgehead atoms. The highest BCUT2D eigenvalue weighted by Crippen LogP contribution is 2.31. The Bertz CT molecular complexity index is 451. The standard InChI is InChI=1S/C17H31N3S/c1-12(2)14-7-9-20(10-8-14)16-19-13(3)15(21-16)11-18-17(4,5)6/h12,14,18H,7-11H2,1-6H3. The molecule has 0 atom stereocenters. The number of hydrogen-bond acceptors (Lipinski definition) is 4. The van der Waals surface area contributed by atoms with E-state index in [1.165, 1.54) is 41.6 Å². The van der Waals surface area contributed by atoms with Crippen LogP contribution in [-0.4, -0.2) is 23.6 Å². The van der Waals surface area contributed by atoms with E-state index in [-0.39, 0.29) is 5.54 Å². The lowest BCUT2D eigenvalue weighted by Crippen LogP contribution is -2.35. The number of nitrogens with zero attached hydrogens (tertiary/aromatic N) is 2. The maximum atomic E-state index is 4.81. The largest absolute Gasteiger partial charge is 0.348 e. The molecule has 1 aromatic rings. The summed E-state index contributed by atoms with van der Waals surface area (Å²) in [6.07, 6.45) is 2.62. The second-order valence-corrected chi connectivity index (χ2v) is 8.74. The lowest BCUT2D eigenvalue weighted by molar-refractivity contribution is 0.311. The summed E-state index contributed by atoms with van der Waals surface area (Å²) in [7, 11) is 0. The third kappa shape index (κ3) is 4.68. The van der Waals surface area contributed by atoms with Crippen molar-refractivity contribution in [1.82, 2.24) is 10.3 Å². The summed E-state index contributed by atoms with van der Waals surface area (Å²) >= 11 is 1.87. The second kappa shape index (κ2) is 6.66. The smallest absolute Gasteiger partial charge is 0.185 e. The quantitative estimate of drug-likeness (QED) is 0.903. The first-order valence-corrected chi connectivity index (χ1v) is 9.04. The molecule has 0 aromatic carbocycles. The van der Waals surface area contributed by atoms with Crippen molar-refractivity contribution in [2.45, 2.75) is 66.5 Å². The Balaban J connectivity index is 1.96. The van der Waals surface area contributed by atoms with Gasteiger partial charge < -0.3 is 10.2 Å². The molecule has 0 spiro atoms. The van der Waals surface area contributed by atoms with Crippen LogP contribution in [0, 0.1) is 18.8 Å². The lowest BCUT2D eigenvalue weighted by atomic mass is 9.87. The Morgan fingerprint density at radius 2 is 1.90 bits per heavy atom. The maximum absolute atomic E-state index is 4.81. The fourth-order valence-electron chi connectivity index (χ4n) is 2.81. The number of nitrogens with one attached hydrogen (secondary N) is 1. The van der Waals surface area contributed by atoms with Gasteiger partial charge in [0.1, 0.15) is 0 Å². The Kier molecular flexibility index (Phi) is 5.31. The highest BCUT2D eigenvalue weighted by Gasteiger charge is 2.24. The number of rotatable bonds is 4. The lowest BCUT2D eigenvalue weighted by Gasteiger charge is -2.33. The molecular weight excluding hydrogens is 278 g/mol. The number of thiazole rings is 1. The molecule has 1 aromatic heterocycles. The van der Waals surface area contributed by atoms with Crippen LogP contribution in [0.2, 0.25) is 0 Å². The predicted octanol–water partition coefficient (Wildman–Crippen LogP) is 4.21. The molecule has 2 rings (SSSR count). The van der Waals surface area contributed by atoms with E-state index in [4.69, 9.17) is 4.98 Å². The summed E-state index contributed by atoms with van der Waals surface area (Å²) in [6.45, 7) is 16.7. The van der Waals surface area contributed by atoms with Gasteiger partial charge in [-0.25, -0.2) is 4.98 Å². The van der Waals surface area contributed by atoms with E-state index in [1.54, 1.807) is 0 Å². The van der Waals surface area contributed by atoms with Gasteiger partial charge in [0.05, 0.1) is 5.69 Å². The van der Waals surface area contributed by atoms with Gasteiger partial charge in [-0.05, 0) is 52.4 Å². The summed E-state index contributed by atoms with van der Waals surface area (Å²) in [5.74, 6) is 1.71. The zero-order chi connectivity index (χ0) is 15.6. The van der Waals surface area contributed by atoms with Crippen molar-refractivity contribution in [2.75, 3.05) is 18.0 Å². The Morgan fingerprint density at radius 1 is 1.29 bits per heavy atom. The van der Waals surface area contributed by atoms with Crippen LogP contribution in [-0.2, 0) is 6.54 Å². The predicted molar refractivity (Wildman–Crippen MR) is 93.2 cm³/mol. The van der Waals surface area contributed by atoms with Gasteiger partial charge in [-0.3, -0.25) is 0 Å². The van der Waals surface area contributed by atoms with Crippen LogP contribution in [0.4, 0.5) is 5.13 Å². The van der Waals surface area contributed by atoms with Crippen LogP contribution in [0.3, 0.4) is 0 Å². The topological polar surface area (TPSA) is 28.2 Å². The van der Waals surface area contributed by atoms with Gasteiger partial charge in [-0.2, -0.15) is 0 Å². The first-order valence-electron chi connectivity index (χ1n) is 8.22. The first kappa shape index (κ1) is 16.8. The number of aryl methyl sites for hydroxylation is 1. The van der Waals surface area contributed by atoms with Gasteiger partial charge >= 0.3 is 0 Å². The molecule has 1 aliphatic rings. The van der Waals surface area contributed by atoms with Gasteiger partial charge in [-0.15, -0.1) is 11.3 Å². The van der Waals surface area contributed by atoms with Crippen molar-refractivity contribution in [1.29, 1.82) is 0 Å². The molecule has 3 nitrogen and oxygen atoms in total. The van der Waals surface area contributed by atoms with E-state index >= 15 is 0 Å². The van der Waals surface area contributed by atoms with E-state index in [9.17, 15) is 0 Å². The van der Waals surface area contributed by atoms with Crippen molar-refractivity contribution in [3.63, 3.8) is 0 Å². The molecule has 21 heavy (non-hydrogen) atoms. The number of piperidine rings is 1. The molecular formula is C17H31N3S. The second-order valence-electron chi connectivity index (χ2n) is 7.68. The highest BCUT2D eigenvalue weighted by molar-refractivity contribution is 7.15. The van der Waals surface area contributed by atoms with E-state index < -0.39 is 0 Å². The van der Waals surface area contributed by atoms with Crippen LogP contribution in [0.15, 0.2) is 0 Å². The monoisotopic (exact) mass is 309 g/mol. The highest BCUT2D eigenvalue weighted by atomic mass is 32.1. The summed E-state index contributed by atoms with van der Waals surface area (Å²) in [5.41, 5.74) is 1.35. The number of aromatic nitrogens is 1. The van der Waals surface area contributed by atoms with Crippen LogP contribution in [0.5, 0.6) is 0 Å². The molecule has 1 fully saturated rings. The fourth-order valence-corrected chi connectivity index (χ4v) is 3.87. The van der Waals surface area contributed by atoms with Gasteiger partial charge in [0.25, 0.3) is 0 Å². The molecule has 0 amide bonds. The fraction of sp³-hybridized carbons (Fsp3) is 0.824. The Hall–Kier alpha value is -0.610. The Morgan fingerprint density at radius 3 is 2.43 bits per heavy atom. The molecule has 4 heteroatoms. The van der Waals surface area contributed by atoms with Gasteiger partial charge in [0.2, 0.25) is 0 Å². The van der Waals surface area contributed by atoms with Crippen LogP contribution < -0.4 is 10.2 Å². The minimum Gasteiger partial charge on any atom is -0.348 e. The summed E-state index contributed by atoms with van der Waals surface area (Å²) in [5, 5.41) is 4.79. The van der Waals surface area contributed by atoms with Crippen LogP contribution >= 0.6 is 11.3 Å². The first-order chi connectivity index (χ1) is 9.76. The molecule has 0 saturated carbocycles. The summed E-state index contributed by atoms with van der Waals surface area (Å²) in [6, 6.07) is 0. The third-order valence-electron chi connectivity index (χ3n) is 4.41. The van der Waals surface area contributed by atoms with Gasteiger partial charge in [0, 0.05) is 30.1 Å². The normalized spacial score (nSPS) is 17.8. The molecule has 0 aliphatic carbocycles.